The second-order valence-corrected chi connectivity index (χ2v) is 9.07. The van der Waals surface area contributed by atoms with Crippen LogP contribution in [-0.4, -0.2) is 73.4 Å². The van der Waals surface area contributed by atoms with Gasteiger partial charge >= 0.3 is 18.3 Å². The largest absolute Gasteiger partial charge is 0.480 e. The molecule has 0 spiro atoms. The van der Waals surface area contributed by atoms with E-state index in [9.17, 15) is 31.1 Å². The number of benzene rings is 2. The number of aliphatic carboxylic acids is 1. The van der Waals surface area contributed by atoms with Crippen molar-refractivity contribution < 1.29 is 45.7 Å². The van der Waals surface area contributed by atoms with Gasteiger partial charge in [0.1, 0.15) is 6.61 Å². The highest BCUT2D eigenvalue weighted by Crippen LogP contribution is 2.38. The van der Waals surface area contributed by atoms with Gasteiger partial charge in [0.15, 0.2) is 0 Å². The molecule has 6 nitrogen and oxygen atoms in total. The van der Waals surface area contributed by atoms with Crippen LogP contribution in [0.1, 0.15) is 41.3 Å². The van der Waals surface area contributed by atoms with Crippen molar-refractivity contribution in [3.63, 3.8) is 0 Å². The van der Waals surface area contributed by atoms with E-state index >= 15 is 0 Å². The Kier molecular flexibility index (Phi) is 10.2. The predicted molar refractivity (Wildman–Crippen MR) is 126 cm³/mol. The third-order valence-corrected chi connectivity index (χ3v) is 6.39. The second kappa shape index (κ2) is 12.9. The maximum atomic E-state index is 13.3. The van der Waals surface area contributed by atoms with Gasteiger partial charge in [-0.3, -0.25) is 9.80 Å². The van der Waals surface area contributed by atoms with E-state index in [1.807, 2.05) is 30.3 Å². The van der Waals surface area contributed by atoms with Crippen LogP contribution >= 0.6 is 0 Å². The van der Waals surface area contributed by atoms with E-state index in [1.54, 1.807) is 0 Å². The topological polar surface area (TPSA) is 62.2 Å². The van der Waals surface area contributed by atoms with Crippen molar-refractivity contribution in [3.05, 3.63) is 70.8 Å². The molecule has 38 heavy (non-hydrogen) atoms. The lowest BCUT2D eigenvalue weighted by atomic mass is 10.0. The Hall–Kier alpha value is -2.67. The summed E-state index contributed by atoms with van der Waals surface area (Å²) in [6.07, 6.45) is -10.9. The van der Waals surface area contributed by atoms with Gasteiger partial charge in [0.05, 0.1) is 36.5 Å². The summed E-state index contributed by atoms with van der Waals surface area (Å²) in [5.74, 6) is -1.03. The highest BCUT2D eigenvalue weighted by atomic mass is 19.4. The molecule has 1 aliphatic rings. The number of carbonyl (C=O) groups is 1. The van der Waals surface area contributed by atoms with Crippen molar-refractivity contribution in [2.75, 3.05) is 52.5 Å². The van der Waals surface area contributed by atoms with E-state index in [0.717, 1.165) is 5.56 Å². The third kappa shape index (κ3) is 8.69. The Morgan fingerprint density at radius 1 is 0.921 bits per heavy atom. The average Bonchev–Trinajstić information content (AvgIpc) is 2.86. The SMILES string of the molecule is C[C@@H](OC[C@H](c1ccccc1)N1CCN(CCOCC(=O)O)CC1)c1cc(C(F)(F)F)cc(C(F)(F)F)c1. The zero-order chi connectivity index (χ0) is 27.9. The highest BCUT2D eigenvalue weighted by molar-refractivity contribution is 5.67. The van der Waals surface area contributed by atoms with Gasteiger partial charge in [-0.1, -0.05) is 30.3 Å². The van der Waals surface area contributed by atoms with Crippen LogP contribution < -0.4 is 0 Å². The fraction of sp³-hybridized carbons (Fsp3) is 0.500. The number of hydrogen-bond acceptors (Lipinski definition) is 5. The monoisotopic (exact) mass is 548 g/mol. The number of halogens is 6. The molecule has 2 aromatic carbocycles. The van der Waals surface area contributed by atoms with Crippen LogP contribution in [0.3, 0.4) is 0 Å². The van der Waals surface area contributed by atoms with Crippen LogP contribution in [0.5, 0.6) is 0 Å². The van der Waals surface area contributed by atoms with E-state index in [0.29, 0.717) is 44.9 Å². The summed E-state index contributed by atoms with van der Waals surface area (Å²) in [7, 11) is 0. The maximum absolute atomic E-state index is 13.3. The minimum atomic E-state index is -4.93. The number of ether oxygens (including phenoxy) is 2. The average molecular weight is 549 g/mol. The van der Waals surface area contributed by atoms with Crippen molar-refractivity contribution >= 4 is 5.97 Å². The molecule has 1 fully saturated rings. The smallest absolute Gasteiger partial charge is 0.416 e. The fourth-order valence-corrected chi connectivity index (χ4v) is 4.28. The number of carboxylic acids is 1. The number of carboxylic acid groups (broad SMARTS) is 1. The Bertz CT molecular complexity index is 1010. The summed E-state index contributed by atoms with van der Waals surface area (Å²) in [6, 6.07) is 10.6. The van der Waals surface area contributed by atoms with E-state index < -0.39 is 35.6 Å². The van der Waals surface area contributed by atoms with E-state index in [4.69, 9.17) is 14.6 Å². The van der Waals surface area contributed by atoms with Crippen molar-refractivity contribution in [3.8, 4) is 0 Å². The van der Waals surface area contributed by atoms with Crippen LogP contribution in [0.25, 0.3) is 0 Å². The van der Waals surface area contributed by atoms with Crippen LogP contribution in [0.4, 0.5) is 26.3 Å². The third-order valence-electron chi connectivity index (χ3n) is 6.39. The first-order valence-corrected chi connectivity index (χ1v) is 12.1. The molecular weight excluding hydrogens is 518 g/mol. The molecule has 2 aromatic rings. The molecule has 0 amide bonds. The first-order chi connectivity index (χ1) is 17.8. The van der Waals surface area contributed by atoms with Crippen molar-refractivity contribution in [1.29, 1.82) is 0 Å². The van der Waals surface area contributed by atoms with E-state index in [2.05, 4.69) is 9.80 Å². The number of rotatable bonds is 11. The summed E-state index contributed by atoms with van der Waals surface area (Å²) in [5.41, 5.74) is -2.04. The molecule has 1 aliphatic heterocycles. The van der Waals surface area contributed by atoms with Crippen molar-refractivity contribution in [1.82, 2.24) is 9.80 Å². The predicted octanol–water partition coefficient (Wildman–Crippen LogP) is 5.26. The van der Waals surface area contributed by atoms with Crippen LogP contribution in [0.2, 0.25) is 0 Å². The molecular formula is C26H30F6N2O4. The van der Waals surface area contributed by atoms with Gasteiger partial charge in [-0.15, -0.1) is 0 Å². The fourth-order valence-electron chi connectivity index (χ4n) is 4.28. The maximum Gasteiger partial charge on any atom is 0.416 e. The van der Waals surface area contributed by atoms with Gasteiger partial charge < -0.3 is 14.6 Å². The number of alkyl halides is 6. The van der Waals surface area contributed by atoms with Crippen molar-refractivity contribution in [2.24, 2.45) is 0 Å². The first kappa shape index (κ1) is 29.9. The normalized spacial score (nSPS) is 17.3. The summed E-state index contributed by atoms with van der Waals surface area (Å²) in [4.78, 5) is 14.9. The molecule has 1 N–H and O–H groups in total. The summed E-state index contributed by atoms with van der Waals surface area (Å²) >= 11 is 0. The molecule has 2 atom stereocenters. The summed E-state index contributed by atoms with van der Waals surface area (Å²) in [5, 5.41) is 8.66. The summed E-state index contributed by atoms with van der Waals surface area (Å²) in [6.45, 7) is 4.62. The Labute approximate surface area is 216 Å². The van der Waals surface area contributed by atoms with Gasteiger partial charge in [0.25, 0.3) is 0 Å². The standard InChI is InChI=1S/C26H30F6N2O4/c1-18(20-13-21(25(27,28)29)15-22(14-20)26(30,31)32)38-16-23(19-5-3-2-4-6-19)34-9-7-33(8-10-34)11-12-37-17-24(35)36/h2-6,13-15,18,23H,7-12,16-17H2,1H3,(H,35,36)/t18-,23-/m1/s1. The molecule has 1 heterocycles. The lowest BCUT2D eigenvalue weighted by Crippen LogP contribution is -2.49. The number of piperazine rings is 1. The van der Waals surface area contributed by atoms with Gasteiger partial charge in [-0.2, -0.15) is 26.3 Å². The Morgan fingerprint density at radius 2 is 1.50 bits per heavy atom. The molecule has 3 rings (SSSR count). The Morgan fingerprint density at radius 3 is 2.03 bits per heavy atom. The Balaban J connectivity index is 1.69. The zero-order valence-electron chi connectivity index (χ0n) is 20.8. The second-order valence-electron chi connectivity index (χ2n) is 9.07. The molecule has 0 bridgehead atoms. The number of hydrogen-bond donors (Lipinski definition) is 1. The van der Waals surface area contributed by atoms with Gasteiger partial charge in [-0.05, 0) is 36.2 Å². The molecule has 0 radical (unpaired) electrons. The minimum absolute atomic E-state index is 0.0600. The van der Waals surface area contributed by atoms with E-state index in [-0.39, 0.29) is 37.5 Å². The van der Waals surface area contributed by atoms with Gasteiger partial charge in [0, 0.05) is 32.7 Å². The molecule has 0 aliphatic carbocycles. The van der Waals surface area contributed by atoms with Crippen molar-refractivity contribution in [2.45, 2.75) is 31.4 Å². The van der Waals surface area contributed by atoms with Crippen LogP contribution in [0.15, 0.2) is 48.5 Å². The molecule has 12 heteroatoms. The molecule has 210 valence electrons. The van der Waals surface area contributed by atoms with Gasteiger partial charge in [0.2, 0.25) is 0 Å². The number of nitrogens with zero attached hydrogens (tertiary/aromatic N) is 2. The lowest BCUT2D eigenvalue weighted by Gasteiger charge is -2.39. The summed E-state index contributed by atoms with van der Waals surface area (Å²) < 4.78 is 90.7. The van der Waals surface area contributed by atoms with Crippen LogP contribution in [-0.2, 0) is 26.6 Å². The quantitative estimate of drug-likeness (QED) is 0.305. The highest BCUT2D eigenvalue weighted by Gasteiger charge is 2.37. The zero-order valence-corrected chi connectivity index (χ0v) is 20.8. The van der Waals surface area contributed by atoms with Crippen LogP contribution in [0, 0.1) is 0 Å². The van der Waals surface area contributed by atoms with E-state index in [1.165, 1.54) is 6.92 Å². The molecule has 0 saturated carbocycles. The molecule has 1 saturated heterocycles. The van der Waals surface area contributed by atoms with Gasteiger partial charge in [-0.25, -0.2) is 4.79 Å². The molecule has 0 aromatic heterocycles. The first-order valence-electron chi connectivity index (χ1n) is 12.1. The lowest BCUT2D eigenvalue weighted by molar-refractivity contribution is -0.144. The minimum Gasteiger partial charge on any atom is -0.480 e. The molecule has 0 unspecified atom stereocenters.